The number of nitrogens with one attached hydrogen (secondary N) is 1. The Hall–Kier alpha value is -1.43. The van der Waals surface area contributed by atoms with E-state index in [1.807, 2.05) is 0 Å². The van der Waals surface area contributed by atoms with Crippen LogP contribution in [0.5, 0.6) is 5.88 Å². The lowest BCUT2D eigenvalue weighted by atomic mass is 10.0. The molecule has 2 aromatic rings. The summed E-state index contributed by atoms with van der Waals surface area (Å²) in [5.74, 6) is 1.22. The van der Waals surface area contributed by atoms with E-state index in [-0.39, 0.29) is 0 Å². The number of hydrogen-bond acceptors (Lipinski definition) is 4. The van der Waals surface area contributed by atoms with E-state index < -0.39 is 0 Å². The molecule has 0 aliphatic carbocycles. The maximum atomic E-state index is 5.40. The van der Waals surface area contributed by atoms with Crippen molar-refractivity contribution in [1.29, 1.82) is 0 Å². The fraction of sp³-hybridized carbons (Fsp3) is 0.615. The summed E-state index contributed by atoms with van der Waals surface area (Å²) in [7, 11) is 1.60. The largest absolute Gasteiger partial charge is 0.479 e. The zero-order valence-corrected chi connectivity index (χ0v) is 12.6. The number of ether oxygens (including phenoxy) is 1. The van der Waals surface area contributed by atoms with E-state index in [1.165, 1.54) is 6.33 Å². The lowest BCUT2D eigenvalue weighted by molar-refractivity contribution is 0.401. The zero-order valence-electron chi connectivity index (χ0n) is 11.8. The van der Waals surface area contributed by atoms with Gasteiger partial charge in [0, 0.05) is 6.04 Å². The standard InChI is InChI=1S/C13H20N4OS/c1-8(2)5-6-9(3)17-11-10(16-13(17)19)12(18-4)15-7-14-11/h7-9H,5-6H2,1-4H3,(H,16,19). The molecule has 0 radical (unpaired) electrons. The fourth-order valence-electron chi connectivity index (χ4n) is 2.18. The Morgan fingerprint density at radius 1 is 1.32 bits per heavy atom. The van der Waals surface area contributed by atoms with Gasteiger partial charge in [0.2, 0.25) is 5.88 Å². The summed E-state index contributed by atoms with van der Waals surface area (Å²) in [6.07, 6.45) is 3.75. The van der Waals surface area contributed by atoms with Crippen molar-refractivity contribution in [3.8, 4) is 5.88 Å². The van der Waals surface area contributed by atoms with Crippen LogP contribution in [0, 0.1) is 10.7 Å². The van der Waals surface area contributed by atoms with Crippen molar-refractivity contribution in [3.63, 3.8) is 0 Å². The van der Waals surface area contributed by atoms with Gasteiger partial charge >= 0.3 is 0 Å². The van der Waals surface area contributed by atoms with Gasteiger partial charge in [0.1, 0.15) is 11.8 Å². The molecule has 0 spiro atoms. The lowest BCUT2D eigenvalue weighted by Gasteiger charge is -2.15. The highest BCUT2D eigenvalue weighted by Gasteiger charge is 2.15. The molecule has 0 aliphatic rings. The smallest absolute Gasteiger partial charge is 0.242 e. The van der Waals surface area contributed by atoms with Gasteiger partial charge in [-0.3, -0.25) is 4.57 Å². The Morgan fingerprint density at radius 3 is 2.68 bits per heavy atom. The van der Waals surface area contributed by atoms with Crippen LogP contribution in [0.3, 0.4) is 0 Å². The summed E-state index contributed by atoms with van der Waals surface area (Å²) in [4.78, 5) is 11.6. The van der Waals surface area contributed by atoms with Gasteiger partial charge in [-0.1, -0.05) is 13.8 Å². The fourth-order valence-corrected chi connectivity index (χ4v) is 2.55. The number of aromatic nitrogens is 4. The van der Waals surface area contributed by atoms with Crippen LogP contribution >= 0.6 is 12.2 Å². The number of aromatic amines is 1. The maximum Gasteiger partial charge on any atom is 0.242 e. The number of fused-ring (bicyclic) bond motifs is 1. The van der Waals surface area contributed by atoms with Gasteiger partial charge in [0.15, 0.2) is 10.4 Å². The molecule has 0 fully saturated rings. The van der Waals surface area contributed by atoms with Crippen molar-refractivity contribution in [2.45, 2.75) is 39.7 Å². The van der Waals surface area contributed by atoms with Gasteiger partial charge in [0.25, 0.3) is 0 Å². The van der Waals surface area contributed by atoms with Crippen molar-refractivity contribution in [2.24, 2.45) is 5.92 Å². The highest BCUT2D eigenvalue weighted by molar-refractivity contribution is 7.71. The Bertz CT molecular complexity index is 617. The Morgan fingerprint density at radius 2 is 2.05 bits per heavy atom. The van der Waals surface area contributed by atoms with E-state index in [4.69, 9.17) is 17.0 Å². The molecule has 19 heavy (non-hydrogen) atoms. The van der Waals surface area contributed by atoms with Crippen LogP contribution < -0.4 is 4.74 Å². The van der Waals surface area contributed by atoms with Crippen LogP contribution in [0.1, 0.15) is 39.7 Å². The quantitative estimate of drug-likeness (QED) is 0.852. The van der Waals surface area contributed by atoms with E-state index in [0.29, 0.717) is 22.6 Å². The summed E-state index contributed by atoms with van der Waals surface area (Å²) < 4.78 is 7.96. The minimum atomic E-state index is 0.309. The molecule has 0 amide bonds. The van der Waals surface area contributed by atoms with Crippen molar-refractivity contribution < 1.29 is 4.74 Å². The average molecular weight is 280 g/mol. The average Bonchev–Trinajstić information content (AvgIpc) is 2.71. The summed E-state index contributed by atoms with van der Waals surface area (Å²) >= 11 is 5.40. The molecule has 0 aliphatic heterocycles. The second-order valence-corrected chi connectivity index (χ2v) is 5.59. The van der Waals surface area contributed by atoms with Crippen LogP contribution in [0.4, 0.5) is 0 Å². The predicted molar refractivity (Wildman–Crippen MR) is 78.0 cm³/mol. The molecule has 1 N–H and O–H groups in total. The number of nitrogens with zero attached hydrogens (tertiary/aromatic N) is 3. The molecular weight excluding hydrogens is 260 g/mol. The predicted octanol–water partition coefficient (Wildman–Crippen LogP) is 3.49. The molecule has 0 saturated heterocycles. The normalized spacial score (nSPS) is 13.1. The molecule has 0 saturated carbocycles. The van der Waals surface area contributed by atoms with Crippen molar-refractivity contribution in [1.82, 2.24) is 19.5 Å². The summed E-state index contributed by atoms with van der Waals surface area (Å²) in [5.41, 5.74) is 1.58. The monoisotopic (exact) mass is 280 g/mol. The highest BCUT2D eigenvalue weighted by Crippen LogP contribution is 2.25. The first kappa shape index (κ1) is 14.0. The second-order valence-electron chi connectivity index (χ2n) is 5.20. The number of H-pyrrole nitrogens is 1. The van der Waals surface area contributed by atoms with E-state index in [1.54, 1.807) is 7.11 Å². The summed E-state index contributed by atoms with van der Waals surface area (Å²) in [5, 5.41) is 0. The molecule has 0 bridgehead atoms. The maximum absolute atomic E-state index is 5.40. The molecule has 6 heteroatoms. The van der Waals surface area contributed by atoms with Gasteiger partial charge in [-0.25, -0.2) is 4.98 Å². The van der Waals surface area contributed by atoms with E-state index >= 15 is 0 Å². The third-order valence-corrected chi connectivity index (χ3v) is 3.57. The molecule has 0 aromatic carbocycles. The third kappa shape index (κ3) is 2.78. The van der Waals surface area contributed by atoms with Gasteiger partial charge in [0.05, 0.1) is 7.11 Å². The van der Waals surface area contributed by atoms with E-state index in [2.05, 4.69) is 40.3 Å². The molecular formula is C13H20N4OS. The van der Waals surface area contributed by atoms with Crippen molar-refractivity contribution >= 4 is 23.4 Å². The van der Waals surface area contributed by atoms with Gasteiger partial charge < -0.3 is 9.72 Å². The second kappa shape index (κ2) is 5.69. The number of rotatable bonds is 5. The molecule has 2 aromatic heterocycles. The highest BCUT2D eigenvalue weighted by atomic mass is 32.1. The summed E-state index contributed by atoms with van der Waals surface area (Å²) in [6, 6.07) is 0.309. The van der Waals surface area contributed by atoms with E-state index in [0.717, 1.165) is 24.0 Å². The minimum absolute atomic E-state index is 0.309. The van der Waals surface area contributed by atoms with Gasteiger partial charge in [-0.15, -0.1) is 0 Å². The minimum Gasteiger partial charge on any atom is -0.479 e. The zero-order chi connectivity index (χ0) is 14.0. The van der Waals surface area contributed by atoms with Gasteiger partial charge in [-0.2, -0.15) is 4.98 Å². The van der Waals surface area contributed by atoms with Crippen LogP contribution in [0.15, 0.2) is 6.33 Å². The number of methoxy groups -OCH3 is 1. The summed E-state index contributed by atoms with van der Waals surface area (Å²) in [6.45, 7) is 6.62. The van der Waals surface area contributed by atoms with Gasteiger partial charge in [-0.05, 0) is 37.9 Å². The Balaban J connectivity index is 2.43. The lowest BCUT2D eigenvalue weighted by Crippen LogP contribution is -2.07. The first-order chi connectivity index (χ1) is 9.04. The molecule has 1 unspecified atom stereocenters. The van der Waals surface area contributed by atoms with Crippen LogP contribution in [-0.2, 0) is 0 Å². The number of hydrogen-bond donors (Lipinski definition) is 1. The molecule has 2 heterocycles. The first-order valence-electron chi connectivity index (χ1n) is 6.53. The first-order valence-corrected chi connectivity index (χ1v) is 6.94. The Kier molecular flexibility index (Phi) is 4.19. The van der Waals surface area contributed by atoms with Crippen LogP contribution in [-0.4, -0.2) is 26.6 Å². The molecule has 5 nitrogen and oxygen atoms in total. The van der Waals surface area contributed by atoms with Crippen molar-refractivity contribution in [2.75, 3.05) is 7.11 Å². The SMILES string of the molecule is COc1ncnc2c1[nH]c(=S)n2C(C)CCC(C)C. The molecule has 1 atom stereocenters. The molecule has 2 rings (SSSR count). The van der Waals surface area contributed by atoms with Crippen molar-refractivity contribution in [3.05, 3.63) is 11.1 Å². The van der Waals surface area contributed by atoms with E-state index in [9.17, 15) is 0 Å². The third-order valence-electron chi connectivity index (χ3n) is 3.27. The topological polar surface area (TPSA) is 55.7 Å². The number of imidazole rings is 1. The van der Waals surface area contributed by atoms with Crippen LogP contribution in [0.25, 0.3) is 11.2 Å². The molecule has 104 valence electrons. The van der Waals surface area contributed by atoms with Crippen LogP contribution in [0.2, 0.25) is 0 Å². The Labute approximate surface area is 118 Å².